The fraction of sp³-hybridized carbons (Fsp3) is 0.188. The third-order valence-corrected chi connectivity index (χ3v) is 4.72. The number of halogens is 3. The maximum Gasteiger partial charge on any atom is 0.416 e. The monoisotopic (exact) mass is 308 g/mol. The van der Waals surface area contributed by atoms with Gasteiger partial charge in [0.25, 0.3) is 0 Å². The number of alkyl halides is 3. The Hall–Kier alpha value is -1.75. The van der Waals surface area contributed by atoms with Gasteiger partial charge in [-0.15, -0.1) is 11.8 Å². The molecule has 0 bridgehead atoms. The van der Waals surface area contributed by atoms with Gasteiger partial charge in [-0.1, -0.05) is 18.2 Å². The molecule has 2 aromatic rings. The van der Waals surface area contributed by atoms with Crippen LogP contribution in [0.15, 0.2) is 47.4 Å². The summed E-state index contributed by atoms with van der Waals surface area (Å²) in [7, 11) is 0. The lowest BCUT2D eigenvalue weighted by molar-refractivity contribution is -0.137. The average Bonchev–Trinajstić information content (AvgIpc) is 2.55. The van der Waals surface area contributed by atoms with Crippen LogP contribution in [0.3, 0.4) is 0 Å². The molecule has 5 heteroatoms. The highest BCUT2D eigenvalue weighted by molar-refractivity contribution is 7.99. The quantitative estimate of drug-likeness (QED) is 0.673. The molecule has 0 saturated heterocycles. The van der Waals surface area contributed by atoms with Crippen LogP contribution in [-0.2, 0) is 6.18 Å². The summed E-state index contributed by atoms with van der Waals surface area (Å²) < 4.78 is 38.6. The van der Waals surface area contributed by atoms with E-state index >= 15 is 0 Å². The van der Waals surface area contributed by atoms with Gasteiger partial charge in [0.05, 0.1) is 5.56 Å². The van der Waals surface area contributed by atoms with Crippen LogP contribution in [0, 0.1) is 0 Å². The number of thioether (sulfide) groups is 1. The van der Waals surface area contributed by atoms with Gasteiger partial charge in [0.2, 0.25) is 0 Å². The molecular weight excluding hydrogens is 297 g/mol. The molecule has 0 radical (unpaired) electrons. The highest BCUT2D eigenvalue weighted by Gasteiger charge is 2.33. The number of ketones is 1. The first-order chi connectivity index (χ1) is 9.88. The van der Waals surface area contributed by atoms with E-state index in [0.29, 0.717) is 11.1 Å². The zero-order chi connectivity index (χ0) is 15.2. The van der Waals surface area contributed by atoms with Crippen LogP contribution in [0.25, 0.3) is 0 Å². The van der Waals surface area contributed by atoms with Gasteiger partial charge >= 0.3 is 6.18 Å². The highest BCUT2D eigenvalue weighted by atomic mass is 32.2. The molecule has 0 aliphatic carbocycles. The Morgan fingerprint density at radius 1 is 1.05 bits per heavy atom. The minimum atomic E-state index is -4.45. The van der Waals surface area contributed by atoms with Gasteiger partial charge in [-0.3, -0.25) is 4.79 Å². The summed E-state index contributed by atoms with van der Waals surface area (Å²) in [5, 5.41) is -0.0742. The molecule has 0 spiro atoms. The van der Waals surface area contributed by atoms with Gasteiger partial charge in [0.15, 0.2) is 5.78 Å². The first-order valence-corrected chi connectivity index (χ1v) is 7.27. The van der Waals surface area contributed by atoms with Crippen LogP contribution in [0.5, 0.6) is 0 Å². The Morgan fingerprint density at radius 2 is 1.76 bits per heavy atom. The largest absolute Gasteiger partial charge is 0.416 e. The Morgan fingerprint density at radius 3 is 2.48 bits per heavy atom. The van der Waals surface area contributed by atoms with E-state index in [1.54, 1.807) is 12.1 Å². The van der Waals surface area contributed by atoms with Gasteiger partial charge < -0.3 is 0 Å². The van der Waals surface area contributed by atoms with Crippen LogP contribution >= 0.6 is 11.8 Å². The standard InChI is InChI=1S/C16H11F3OS/c1-9-11-7-6-10(16(17,18)19)8-13(11)15(20)12-4-2-3-5-14(12)21-9/h2-9H,1H3. The van der Waals surface area contributed by atoms with Crippen LogP contribution in [0.1, 0.15) is 39.2 Å². The van der Waals surface area contributed by atoms with Crippen molar-refractivity contribution in [2.45, 2.75) is 23.2 Å². The van der Waals surface area contributed by atoms with Crippen molar-refractivity contribution in [2.24, 2.45) is 0 Å². The summed E-state index contributed by atoms with van der Waals surface area (Å²) in [6.07, 6.45) is -4.45. The molecule has 2 aromatic carbocycles. The van der Waals surface area contributed by atoms with Crippen molar-refractivity contribution >= 4 is 17.5 Å². The SMILES string of the molecule is CC1Sc2ccccc2C(=O)c2cc(C(F)(F)F)ccc21. The summed E-state index contributed by atoms with van der Waals surface area (Å²) in [4.78, 5) is 13.4. The van der Waals surface area contributed by atoms with Gasteiger partial charge in [0, 0.05) is 21.3 Å². The number of hydrogen-bond acceptors (Lipinski definition) is 2. The summed E-state index contributed by atoms with van der Waals surface area (Å²) in [5.74, 6) is -0.344. The van der Waals surface area contributed by atoms with Crippen molar-refractivity contribution in [1.82, 2.24) is 0 Å². The van der Waals surface area contributed by atoms with Crippen molar-refractivity contribution in [1.29, 1.82) is 0 Å². The van der Waals surface area contributed by atoms with Gasteiger partial charge in [0.1, 0.15) is 0 Å². The van der Waals surface area contributed by atoms with E-state index in [2.05, 4.69) is 0 Å². The van der Waals surface area contributed by atoms with E-state index in [1.165, 1.54) is 17.8 Å². The Labute approximate surface area is 124 Å². The first-order valence-electron chi connectivity index (χ1n) is 6.39. The molecule has 0 amide bonds. The molecular formula is C16H11F3OS. The van der Waals surface area contributed by atoms with Crippen molar-refractivity contribution < 1.29 is 18.0 Å². The van der Waals surface area contributed by atoms with Crippen molar-refractivity contribution in [3.63, 3.8) is 0 Å². The number of fused-ring (bicyclic) bond motifs is 2. The first kappa shape index (κ1) is 14.2. The summed E-state index contributed by atoms with van der Waals surface area (Å²) in [6.45, 7) is 1.89. The molecule has 1 aliphatic rings. The normalized spacial score (nSPS) is 17.9. The predicted molar refractivity (Wildman–Crippen MR) is 75.6 cm³/mol. The zero-order valence-electron chi connectivity index (χ0n) is 11.1. The average molecular weight is 308 g/mol. The third kappa shape index (κ3) is 2.46. The summed E-state index contributed by atoms with van der Waals surface area (Å²) in [6, 6.07) is 10.5. The molecule has 0 fully saturated rings. The molecule has 108 valence electrons. The maximum absolute atomic E-state index is 12.9. The van der Waals surface area contributed by atoms with Gasteiger partial charge in [-0.25, -0.2) is 0 Å². The second-order valence-corrected chi connectivity index (χ2v) is 6.27. The molecule has 1 atom stereocenters. The van der Waals surface area contributed by atoms with Gasteiger partial charge in [-0.05, 0) is 36.8 Å². The Kier molecular flexibility index (Phi) is 3.32. The molecule has 1 aliphatic heterocycles. The number of benzene rings is 2. The number of rotatable bonds is 0. The topological polar surface area (TPSA) is 17.1 Å². The molecule has 1 nitrogen and oxygen atoms in total. The van der Waals surface area contributed by atoms with Crippen LogP contribution < -0.4 is 0 Å². The molecule has 0 N–H and O–H groups in total. The molecule has 1 unspecified atom stereocenters. The third-order valence-electron chi connectivity index (χ3n) is 3.50. The maximum atomic E-state index is 12.9. The van der Waals surface area contributed by atoms with Crippen molar-refractivity contribution in [2.75, 3.05) is 0 Å². The second kappa shape index (κ2) is 4.91. The molecule has 0 aromatic heterocycles. The lowest BCUT2D eigenvalue weighted by Gasteiger charge is -2.14. The van der Waals surface area contributed by atoms with E-state index in [4.69, 9.17) is 0 Å². The zero-order valence-corrected chi connectivity index (χ0v) is 11.9. The smallest absolute Gasteiger partial charge is 0.289 e. The molecule has 21 heavy (non-hydrogen) atoms. The van der Waals surface area contributed by atoms with E-state index in [0.717, 1.165) is 17.0 Å². The second-order valence-electron chi connectivity index (χ2n) is 4.89. The van der Waals surface area contributed by atoms with Gasteiger partial charge in [-0.2, -0.15) is 13.2 Å². The van der Waals surface area contributed by atoms with E-state index < -0.39 is 11.7 Å². The van der Waals surface area contributed by atoms with Crippen LogP contribution in [0.4, 0.5) is 13.2 Å². The molecule has 3 rings (SSSR count). The number of carbonyl (C=O) groups excluding carboxylic acids is 1. The fourth-order valence-electron chi connectivity index (χ4n) is 2.44. The lowest BCUT2D eigenvalue weighted by atomic mass is 9.95. The van der Waals surface area contributed by atoms with E-state index in [9.17, 15) is 18.0 Å². The summed E-state index contributed by atoms with van der Waals surface area (Å²) >= 11 is 1.49. The predicted octanol–water partition coefficient (Wildman–Crippen LogP) is 5.10. The minimum absolute atomic E-state index is 0.0742. The fourth-order valence-corrected chi connectivity index (χ4v) is 3.60. The number of carbonyl (C=O) groups is 1. The van der Waals surface area contributed by atoms with Crippen molar-refractivity contribution in [3.05, 3.63) is 64.7 Å². The molecule has 0 saturated carbocycles. The molecule has 1 heterocycles. The number of hydrogen-bond donors (Lipinski definition) is 0. The van der Waals surface area contributed by atoms with Crippen LogP contribution in [-0.4, -0.2) is 5.78 Å². The Bertz CT molecular complexity index is 722. The summed E-state index contributed by atoms with van der Waals surface area (Å²) in [5.41, 5.74) is 0.475. The van der Waals surface area contributed by atoms with E-state index in [-0.39, 0.29) is 16.6 Å². The lowest BCUT2D eigenvalue weighted by Crippen LogP contribution is -2.10. The Balaban J connectivity index is 2.21. The highest BCUT2D eigenvalue weighted by Crippen LogP contribution is 2.43. The van der Waals surface area contributed by atoms with Crippen LogP contribution in [0.2, 0.25) is 0 Å². The van der Waals surface area contributed by atoms with E-state index in [1.807, 2.05) is 19.1 Å². The van der Waals surface area contributed by atoms with Crippen molar-refractivity contribution in [3.8, 4) is 0 Å². The minimum Gasteiger partial charge on any atom is -0.289 e.